The lowest BCUT2D eigenvalue weighted by Crippen LogP contribution is -2.38. The molecule has 1 unspecified atom stereocenters. The number of aryl methyl sites for hydroxylation is 4. The Morgan fingerprint density at radius 2 is 2.07 bits per heavy atom. The van der Waals surface area contributed by atoms with Gasteiger partial charge in [-0.3, -0.25) is 9.48 Å². The summed E-state index contributed by atoms with van der Waals surface area (Å²) in [5.41, 5.74) is 2.58. The van der Waals surface area contributed by atoms with E-state index in [0.717, 1.165) is 17.7 Å². The van der Waals surface area contributed by atoms with E-state index in [2.05, 4.69) is 18.9 Å². The van der Waals surface area contributed by atoms with Crippen LogP contribution in [0.1, 0.15) is 42.4 Å². The van der Waals surface area contributed by atoms with Crippen LogP contribution in [0, 0.1) is 13.8 Å². The Labute approximate surface area is 167 Å². The molecule has 1 aliphatic heterocycles. The van der Waals surface area contributed by atoms with Gasteiger partial charge in [0.05, 0.1) is 6.20 Å². The van der Waals surface area contributed by atoms with Crippen LogP contribution in [0.3, 0.4) is 0 Å². The van der Waals surface area contributed by atoms with Gasteiger partial charge < -0.3 is 14.7 Å². The molecule has 0 aliphatic carbocycles. The first-order valence-electron chi connectivity index (χ1n) is 10.0. The van der Waals surface area contributed by atoms with E-state index >= 15 is 0 Å². The molecule has 28 heavy (non-hydrogen) atoms. The maximum absolute atomic E-state index is 12.6. The zero-order valence-electron chi connectivity index (χ0n) is 17.1. The standard InChI is InChI=1S/C22H31N3O3/c1-17-5-7-20(13-18(17)2)28-16-22(27)9-4-11-25(12-10-22)21(26)8-6-19-14-23-24(3)15-19/h5,7,13-15,27H,4,6,8-12,16H2,1-3H3. The third kappa shape index (κ3) is 5.35. The number of aliphatic hydroxyl groups is 1. The molecule has 0 bridgehead atoms. The number of hydrogen-bond donors (Lipinski definition) is 1. The van der Waals surface area contributed by atoms with E-state index in [9.17, 15) is 9.90 Å². The first-order valence-corrected chi connectivity index (χ1v) is 10.0. The lowest BCUT2D eigenvalue weighted by Gasteiger charge is -2.27. The van der Waals surface area contributed by atoms with Crippen LogP contribution in [0.25, 0.3) is 0 Å². The van der Waals surface area contributed by atoms with Gasteiger partial charge in [0.15, 0.2) is 0 Å². The molecule has 2 heterocycles. The van der Waals surface area contributed by atoms with Crippen molar-refractivity contribution in [1.29, 1.82) is 0 Å². The van der Waals surface area contributed by atoms with Crippen LogP contribution in [0.4, 0.5) is 0 Å². The Balaban J connectivity index is 1.49. The van der Waals surface area contributed by atoms with Crippen LogP contribution in [0.2, 0.25) is 0 Å². The van der Waals surface area contributed by atoms with Crippen molar-refractivity contribution in [2.24, 2.45) is 7.05 Å². The maximum Gasteiger partial charge on any atom is 0.222 e. The Hall–Kier alpha value is -2.34. The molecule has 0 spiro atoms. The molecule has 1 aliphatic rings. The molecule has 0 radical (unpaired) electrons. The highest BCUT2D eigenvalue weighted by Gasteiger charge is 2.32. The summed E-state index contributed by atoms with van der Waals surface area (Å²) < 4.78 is 7.63. The van der Waals surface area contributed by atoms with Gasteiger partial charge >= 0.3 is 0 Å². The zero-order chi connectivity index (χ0) is 20.1. The molecular weight excluding hydrogens is 354 g/mol. The molecule has 6 nitrogen and oxygen atoms in total. The number of aromatic nitrogens is 2. The fourth-order valence-corrected chi connectivity index (χ4v) is 3.60. The average Bonchev–Trinajstić information content (AvgIpc) is 2.98. The molecular formula is C22H31N3O3. The molecule has 1 amide bonds. The molecule has 2 aromatic rings. The SMILES string of the molecule is Cc1ccc(OCC2(O)CCCN(C(=O)CCc3cnn(C)c3)CC2)cc1C. The van der Waals surface area contributed by atoms with Gasteiger partial charge in [-0.1, -0.05) is 6.07 Å². The Morgan fingerprint density at radius 3 is 2.79 bits per heavy atom. The van der Waals surface area contributed by atoms with E-state index in [4.69, 9.17) is 4.74 Å². The smallest absolute Gasteiger partial charge is 0.222 e. The lowest BCUT2D eigenvalue weighted by atomic mass is 9.96. The van der Waals surface area contributed by atoms with Crippen LogP contribution in [0.5, 0.6) is 5.75 Å². The highest BCUT2D eigenvalue weighted by Crippen LogP contribution is 2.25. The second-order valence-corrected chi connectivity index (χ2v) is 8.02. The lowest BCUT2D eigenvalue weighted by molar-refractivity contribution is -0.131. The molecule has 1 atom stereocenters. The summed E-state index contributed by atoms with van der Waals surface area (Å²) in [4.78, 5) is 14.5. The van der Waals surface area contributed by atoms with Crippen molar-refractivity contribution < 1.29 is 14.6 Å². The van der Waals surface area contributed by atoms with E-state index in [0.29, 0.717) is 38.8 Å². The van der Waals surface area contributed by atoms with E-state index in [-0.39, 0.29) is 12.5 Å². The predicted molar refractivity (Wildman–Crippen MR) is 108 cm³/mol. The van der Waals surface area contributed by atoms with Gasteiger partial charge in [-0.15, -0.1) is 0 Å². The van der Waals surface area contributed by atoms with Crippen molar-refractivity contribution in [3.05, 3.63) is 47.3 Å². The van der Waals surface area contributed by atoms with Crippen molar-refractivity contribution in [3.8, 4) is 5.75 Å². The van der Waals surface area contributed by atoms with Crippen LogP contribution in [-0.4, -0.2) is 51.0 Å². The number of rotatable bonds is 6. The third-order valence-electron chi connectivity index (χ3n) is 5.64. The number of ether oxygens (including phenoxy) is 1. The highest BCUT2D eigenvalue weighted by atomic mass is 16.5. The van der Waals surface area contributed by atoms with Crippen LogP contribution in [0.15, 0.2) is 30.6 Å². The van der Waals surface area contributed by atoms with E-state index < -0.39 is 5.60 Å². The Kier molecular flexibility index (Phi) is 6.39. The van der Waals surface area contributed by atoms with Gasteiger partial charge in [0.2, 0.25) is 5.91 Å². The largest absolute Gasteiger partial charge is 0.491 e. The summed E-state index contributed by atoms with van der Waals surface area (Å²) in [7, 11) is 1.88. The normalized spacial score (nSPS) is 20.1. The molecule has 1 saturated heterocycles. The molecule has 1 aromatic heterocycles. The van der Waals surface area contributed by atoms with Gasteiger partial charge in [-0.2, -0.15) is 5.10 Å². The summed E-state index contributed by atoms with van der Waals surface area (Å²) in [5, 5.41) is 15.1. The number of carbonyl (C=O) groups excluding carboxylic acids is 1. The molecule has 152 valence electrons. The van der Waals surface area contributed by atoms with Gasteiger partial charge in [-0.05, 0) is 68.4 Å². The van der Waals surface area contributed by atoms with Gasteiger partial charge in [0.1, 0.15) is 18.0 Å². The Bertz CT molecular complexity index is 817. The quantitative estimate of drug-likeness (QED) is 0.830. The van der Waals surface area contributed by atoms with Crippen LogP contribution in [-0.2, 0) is 18.3 Å². The van der Waals surface area contributed by atoms with E-state index in [1.165, 1.54) is 11.1 Å². The summed E-state index contributed by atoms with van der Waals surface area (Å²) >= 11 is 0. The fraction of sp³-hybridized carbons (Fsp3) is 0.545. The highest BCUT2D eigenvalue weighted by molar-refractivity contribution is 5.76. The summed E-state index contributed by atoms with van der Waals surface area (Å²) in [6, 6.07) is 5.98. The van der Waals surface area contributed by atoms with Crippen LogP contribution < -0.4 is 4.74 Å². The number of benzene rings is 1. The number of likely N-dealkylation sites (tertiary alicyclic amines) is 1. The minimum atomic E-state index is -0.892. The minimum absolute atomic E-state index is 0.142. The van der Waals surface area contributed by atoms with Crippen molar-refractivity contribution in [3.63, 3.8) is 0 Å². The first-order chi connectivity index (χ1) is 13.3. The van der Waals surface area contributed by atoms with Crippen LogP contribution >= 0.6 is 0 Å². The number of nitrogens with zero attached hydrogens (tertiary/aromatic N) is 3. The van der Waals surface area contributed by atoms with Gasteiger partial charge in [0.25, 0.3) is 0 Å². The van der Waals surface area contributed by atoms with Crippen molar-refractivity contribution in [2.75, 3.05) is 19.7 Å². The monoisotopic (exact) mass is 385 g/mol. The third-order valence-corrected chi connectivity index (χ3v) is 5.64. The number of amides is 1. The first kappa shape index (κ1) is 20.4. The molecule has 1 fully saturated rings. The predicted octanol–water partition coefficient (Wildman–Crippen LogP) is 2.79. The molecule has 0 saturated carbocycles. The second-order valence-electron chi connectivity index (χ2n) is 8.02. The Morgan fingerprint density at radius 1 is 1.25 bits per heavy atom. The minimum Gasteiger partial charge on any atom is -0.491 e. The zero-order valence-corrected chi connectivity index (χ0v) is 17.1. The van der Waals surface area contributed by atoms with Crippen molar-refractivity contribution in [2.45, 2.75) is 51.6 Å². The average molecular weight is 386 g/mol. The maximum atomic E-state index is 12.6. The molecule has 1 aromatic carbocycles. The molecule has 3 rings (SSSR count). The molecule has 6 heteroatoms. The molecule has 1 N–H and O–H groups in total. The second kappa shape index (κ2) is 8.78. The topological polar surface area (TPSA) is 67.6 Å². The number of hydrogen-bond acceptors (Lipinski definition) is 4. The van der Waals surface area contributed by atoms with E-state index in [1.807, 2.05) is 36.3 Å². The summed E-state index contributed by atoms with van der Waals surface area (Å²) in [6.45, 7) is 5.64. The van der Waals surface area contributed by atoms with Crippen molar-refractivity contribution >= 4 is 5.91 Å². The van der Waals surface area contributed by atoms with Gasteiger partial charge in [-0.25, -0.2) is 0 Å². The summed E-state index contributed by atoms with van der Waals surface area (Å²) in [6.07, 6.45) is 6.88. The number of carbonyl (C=O) groups is 1. The van der Waals surface area contributed by atoms with Gasteiger partial charge in [0, 0.05) is 32.8 Å². The fourth-order valence-electron chi connectivity index (χ4n) is 3.60. The van der Waals surface area contributed by atoms with E-state index in [1.54, 1.807) is 10.9 Å². The van der Waals surface area contributed by atoms with Crippen molar-refractivity contribution in [1.82, 2.24) is 14.7 Å². The summed E-state index contributed by atoms with van der Waals surface area (Å²) in [5.74, 6) is 0.924.